The van der Waals surface area contributed by atoms with Gasteiger partial charge in [-0.2, -0.15) is 11.8 Å². The quantitative estimate of drug-likeness (QED) is 0.670. The van der Waals surface area contributed by atoms with E-state index in [9.17, 15) is 4.39 Å². The number of aliphatic imine (C=N–C) groups is 1. The summed E-state index contributed by atoms with van der Waals surface area (Å²) in [4.78, 5) is 6.79. The summed E-state index contributed by atoms with van der Waals surface area (Å²) >= 11 is 7.79. The van der Waals surface area contributed by atoms with Crippen LogP contribution in [0.1, 0.15) is 24.3 Å². The van der Waals surface area contributed by atoms with Gasteiger partial charge in [-0.25, -0.2) is 9.38 Å². The maximum atomic E-state index is 13.2. The van der Waals surface area contributed by atoms with Crippen LogP contribution in [-0.2, 0) is 0 Å². The minimum Gasteiger partial charge on any atom is -0.370 e. The van der Waals surface area contributed by atoms with E-state index in [1.807, 2.05) is 17.8 Å². The average Bonchev–Trinajstić information content (AvgIpc) is 2.46. The van der Waals surface area contributed by atoms with E-state index < -0.39 is 0 Å². The highest BCUT2D eigenvalue weighted by atomic mass is 35.5. The minimum atomic E-state index is -0.360. The highest BCUT2D eigenvalue weighted by Gasteiger charge is 2.31. The van der Waals surface area contributed by atoms with Crippen molar-refractivity contribution in [2.75, 3.05) is 24.6 Å². The second kappa shape index (κ2) is 6.44. The monoisotopic (exact) mass is 327 g/mol. The predicted octanol–water partition coefficient (Wildman–Crippen LogP) is 3.09. The third kappa shape index (κ3) is 3.46. The summed E-state index contributed by atoms with van der Waals surface area (Å²) in [6.07, 6.45) is 1.93. The van der Waals surface area contributed by atoms with Crippen LogP contribution in [0.2, 0.25) is 5.02 Å². The highest BCUT2D eigenvalue weighted by Crippen LogP contribution is 2.39. The normalized spacial score (nSPS) is 26.6. The van der Waals surface area contributed by atoms with Crippen molar-refractivity contribution < 1.29 is 4.39 Å². The molecule has 1 aliphatic carbocycles. The second-order valence-electron chi connectivity index (χ2n) is 5.58. The van der Waals surface area contributed by atoms with E-state index in [0.29, 0.717) is 11.9 Å². The van der Waals surface area contributed by atoms with Crippen LogP contribution < -0.4 is 5.73 Å². The van der Waals surface area contributed by atoms with Crippen LogP contribution in [0, 0.1) is 5.82 Å². The van der Waals surface area contributed by atoms with Gasteiger partial charge in [0.2, 0.25) is 0 Å². The Hall–Kier alpha value is -0.940. The molecule has 1 aliphatic heterocycles. The fourth-order valence-electron chi connectivity index (χ4n) is 2.79. The van der Waals surface area contributed by atoms with Crippen molar-refractivity contribution >= 4 is 29.3 Å². The summed E-state index contributed by atoms with van der Waals surface area (Å²) in [6, 6.07) is 5.27. The summed E-state index contributed by atoms with van der Waals surface area (Å²) < 4.78 is 13.2. The van der Waals surface area contributed by atoms with E-state index in [-0.39, 0.29) is 16.9 Å². The van der Waals surface area contributed by atoms with Gasteiger partial charge in [0.1, 0.15) is 5.82 Å². The molecule has 3 nitrogen and oxygen atoms in total. The number of guanidine groups is 1. The summed E-state index contributed by atoms with van der Waals surface area (Å²) in [5.74, 6) is 2.98. The first-order valence-corrected chi connectivity index (χ1v) is 8.77. The molecule has 3 rings (SSSR count). The van der Waals surface area contributed by atoms with E-state index in [1.54, 1.807) is 6.07 Å². The molecule has 1 aromatic rings. The summed E-state index contributed by atoms with van der Waals surface area (Å²) in [7, 11) is 0. The van der Waals surface area contributed by atoms with Crippen molar-refractivity contribution in [2.24, 2.45) is 10.7 Å². The van der Waals surface area contributed by atoms with Crippen LogP contribution in [0.3, 0.4) is 0 Å². The van der Waals surface area contributed by atoms with Gasteiger partial charge < -0.3 is 10.6 Å². The number of hydrogen-bond donors (Lipinski definition) is 1. The standard InChI is InChI=1S/C15H19ClFN3S/c16-13-9-10(1-2-14(13)17)11-7-12(8-11)19-15(18)20-3-5-21-6-4-20/h1-2,9,11-12H,3-8H2,(H2,18,19). The Balaban J connectivity index is 1.56. The number of benzene rings is 1. The highest BCUT2D eigenvalue weighted by molar-refractivity contribution is 7.99. The van der Waals surface area contributed by atoms with Crippen molar-refractivity contribution in [3.05, 3.63) is 34.6 Å². The van der Waals surface area contributed by atoms with E-state index in [4.69, 9.17) is 17.3 Å². The third-order valence-corrected chi connectivity index (χ3v) is 5.41. The van der Waals surface area contributed by atoms with Crippen molar-refractivity contribution in [2.45, 2.75) is 24.8 Å². The van der Waals surface area contributed by atoms with E-state index in [0.717, 1.165) is 43.0 Å². The van der Waals surface area contributed by atoms with Crippen LogP contribution >= 0.6 is 23.4 Å². The first-order valence-electron chi connectivity index (χ1n) is 7.24. The lowest BCUT2D eigenvalue weighted by Crippen LogP contribution is -2.44. The number of rotatable bonds is 2. The van der Waals surface area contributed by atoms with E-state index in [2.05, 4.69) is 9.89 Å². The summed E-state index contributed by atoms with van der Waals surface area (Å²) in [5, 5.41) is 0.199. The Labute approximate surface area is 133 Å². The number of nitrogens with two attached hydrogens (primary N) is 1. The van der Waals surface area contributed by atoms with Gasteiger partial charge in [-0.3, -0.25) is 0 Å². The molecule has 2 fully saturated rings. The van der Waals surface area contributed by atoms with Gasteiger partial charge >= 0.3 is 0 Å². The number of nitrogens with zero attached hydrogens (tertiary/aromatic N) is 2. The zero-order valence-corrected chi connectivity index (χ0v) is 13.3. The predicted molar refractivity (Wildman–Crippen MR) is 87.7 cm³/mol. The largest absolute Gasteiger partial charge is 0.370 e. The number of thioether (sulfide) groups is 1. The van der Waals surface area contributed by atoms with Gasteiger partial charge in [0.25, 0.3) is 0 Å². The molecule has 1 aromatic carbocycles. The van der Waals surface area contributed by atoms with E-state index in [1.165, 1.54) is 6.07 Å². The van der Waals surface area contributed by atoms with Gasteiger partial charge in [-0.15, -0.1) is 0 Å². The summed E-state index contributed by atoms with van der Waals surface area (Å²) in [6.45, 7) is 1.98. The SMILES string of the molecule is NC(=NC1CC(c2ccc(F)c(Cl)c2)C1)N1CCSCC1. The molecular weight excluding hydrogens is 309 g/mol. The van der Waals surface area contributed by atoms with Crippen molar-refractivity contribution in [1.29, 1.82) is 0 Å². The van der Waals surface area contributed by atoms with Crippen molar-refractivity contribution in [3.8, 4) is 0 Å². The van der Waals surface area contributed by atoms with Gasteiger partial charge in [-0.05, 0) is 36.5 Å². The number of hydrogen-bond acceptors (Lipinski definition) is 2. The second-order valence-corrected chi connectivity index (χ2v) is 7.21. The Morgan fingerprint density at radius 3 is 2.71 bits per heavy atom. The Kier molecular flexibility index (Phi) is 4.60. The topological polar surface area (TPSA) is 41.6 Å². The maximum absolute atomic E-state index is 13.2. The third-order valence-electron chi connectivity index (χ3n) is 4.18. The molecule has 0 bridgehead atoms. The van der Waals surface area contributed by atoms with Crippen LogP contribution in [0.15, 0.2) is 23.2 Å². The molecule has 1 saturated carbocycles. The van der Waals surface area contributed by atoms with Crippen LogP contribution in [0.5, 0.6) is 0 Å². The molecule has 0 spiro atoms. The summed E-state index contributed by atoms with van der Waals surface area (Å²) in [5.41, 5.74) is 7.18. The van der Waals surface area contributed by atoms with Crippen molar-refractivity contribution in [3.63, 3.8) is 0 Å². The maximum Gasteiger partial charge on any atom is 0.191 e. The van der Waals surface area contributed by atoms with E-state index >= 15 is 0 Å². The first kappa shape index (κ1) is 15.0. The molecule has 114 valence electrons. The van der Waals surface area contributed by atoms with Gasteiger partial charge in [0.15, 0.2) is 5.96 Å². The molecule has 1 saturated heterocycles. The zero-order valence-electron chi connectivity index (χ0n) is 11.8. The molecule has 0 atom stereocenters. The molecule has 6 heteroatoms. The first-order chi connectivity index (χ1) is 10.1. The Bertz CT molecular complexity index is 540. The minimum absolute atomic E-state index is 0.199. The molecular formula is C15H19ClFN3S. The lowest BCUT2D eigenvalue weighted by Gasteiger charge is -2.35. The Morgan fingerprint density at radius 2 is 2.05 bits per heavy atom. The fraction of sp³-hybridized carbons (Fsp3) is 0.533. The van der Waals surface area contributed by atoms with Gasteiger partial charge in [0, 0.05) is 24.6 Å². The van der Waals surface area contributed by atoms with Gasteiger partial charge in [-0.1, -0.05) is 17.7 Å². The fourth-order valence-corrected chi connectivity index (χ4v) is 3.88. The molecule has 0 unspecified atom stereocenters. The molecule has 1 heterocycles. The lowest BCUT2D eigenvalue weighted by atomic mass is 9.76. The lowest BCUT2D eigenvalue weighted by molar-refractivity contribution is 0.345. The molecule has 21 heavy (non-hydrogen) atoms. The number of halogens is 2. The molecule has 0 aromatic heterocycles. The molecule has 2 aliphatic rings. The molecule has 2 N–H and O–H groups in total. The zero-order chi connectivity index (χ0) is 14.8. The van der Waals surface area contributed by atoms with Gasteiger partial charge in [0.05, 0.1) is 11.1 Å². The Morgan fingerprint density at radius 1 is 1.33 bits per heavy atom. The average molecular weight is 328 g/mol. The smallest absolute Gasteiger partial charge is 0.191 e. The van der Waals surface area contributed by atoms with Crippen LogP contribution in [-0.4, -0.2) is 41.5 Å². The van der Waals surface area contributed by atoms with Crippen molar-refractivity contribution in [1.82, 2.24) is 4.90 Å². The van der Waals surface area contributed by atoms with Crippen LogP contribution in [0.25, 0.3) is 0 Å². The molecule has 0 amide bonds. The van der Waals surface area contributed by atoms with Crippen LogP contribution in [0.4, 0.5) is 4.39 Å². The molecule has 0 radical (unpaired) electrons.